The van der Waals surface area contributed by atoms with Crippen LogP contribution in [0.5, 0.6) is 0 Å². The molecule has 10 heteroatoms. The second-order valence-electron chi connectivity index (χ2n) is 6.26. The molecular weight excluding hydrogens is 356 g/mol. The highest BCUT2D eigenvalue weighted by atomic mass is 35.5. The maximum atomic E-state index is 9.73. The van der Waals surface area contributed by atoms with E-state index in [0.29, 0.717) is 47.5 Å². The molecule has 1 aliphatic carbocycles. The molecular formula is C16H27ClN8O. The number of aromatic nitrogens is 4. The third kappa shape index (κ3) is 4.73. The predicted octanol–water partition coefficient (Wildman–Crippen LogP) is 1.93. The Morgan fingerprint density at radius 3 is 1.96 bits per heavy atom. The summed E-state index contributed by atoms with van der Waals surface area (Å²) < 4.78 is 0. The Morgan fingerprint density at radius 1 is 0.962 bits per heavy atom. The standard InChI is InChI=1S/C16H26N8O.ClH/c1-4-10(25)8-20-16-22-12-11(14(18-3)24-16)21-15(23-13(12)17-2)19-7-9-5-6-9;/h9-10,25H,4-8H2,1-3H3,(H2,17,19,21,23)(H2,18,20,22,24);1H. The molecule has 0 spiro atoms. The van der Waals surface area contributed by atoms with Crippen LogP contribution in [-0.4, -0.2) is 58.3 Å². The van der Waals surface area contributed by atoms with Crippen LogP contribution in [0.2, 0.25) is 0 Å². The zero-order valence-corrected chi connectivity index (χ0v) is 16.2. The van der Waals surface area contributed by atoms with E-state index in [2.05, 4.69) is 41.2 Å². The van der Waals surface area contributed by atoms with Crippen molar-refractivity contribution in [3.05, 3.63) is 0 Å². The van der Waals surface area contributed by atoms with E-state index < -0.39 is 6.10 Å². The van der Waals surface area contributed by atoms with Crippen molar-refractivity contribution in [3.8, 4) is 0 Å². The van der Waals surface area contributed by atoms with Crippen molar-refractivity contribution in [3.63, 3.8) is 0 Å². The van der Waals surface area contributed by atoms with Gasteiger partial charge >= 0.3 is 0 Å². The molecule has 0 radical (unpaired) electrons. The minimum absolute atomic E-state index is 0. The zero-order chi connectivity index (χ0) is 17.8. The number of rotatable bonds is 9. The van der Waals surface area contributed by atoms with E-state index in [1.165, 1.54) is 12.8 Å². The van der Waals surface area contributed by atoms with E-state index in [-0.39, 0.29) is 12.4 Å². The fourth-order valence-electron chi connectivity index (χ4n) is 2.43. The van der Waals surface area contributed by atoms with Crippen LogP contribution in [0.3, 0.4) is 0 Å². The lowest BCUT2D eigenvalue weighted by molar-refractivity contribution is 0.183. The van der Waals surface area contributed by atoms with Crippen LogP contribution in [0.1, 0.15) is 26.2 Å². The molecule has 26 heavy (non-hydrogen) atoms. The van der Waals surface area contributed by atoms with Crippen LogP contribution in [0.15, 0.2) is 0 Å². The van der Waals surface area contributed by atoms with Crippen molar-refractivity contribution in [2.24, 2.45) is 5.92 Å². The van der Waals surface area contributed by atoms with Gasteiger partial charge in [0.25, 0.3) is 0 Å². The summed E-state index contributed by atoms with van der Waals surface area (Å²) in [6, 6.07) is 0. The van der Waals surface area contributed by atoms with Crippen LogP contribution in [0.4, 0.5) is 23.5 Å². The van der Waals surface area contributed by atoms with Gasteiger partial charge in [0, 0.05) is 27.2 Å². The van der Waals surface area contributed by atoms with Crippen molar-refractivity contribution in [2.75, 3.05) is 48.5 Å². The molecule has 9 nitrogen and oxygen atoms in total. The number of hydrogen-bond acceptors (Lipinski definition) is 9. The largest absolute Gasteiger partial charge is 0.391 e. The molecule has 5 N–H and O–H groups in total. The van der Waals surface area contributed by atoms with Crippen molar-refractivity contribution in [1.82, 2.24) is 19.9 Å². The number of hydrogen-bond donors (Lipinski definition) is 5. The molecule has 1 fully saturated rings. The highest BCUT2D eigenvalue weighted by Gasteiger charge is 2.22. The summed E-state index contributed by atoms with van der Waals surface area (Å²) in [5, 5.41) is 22.2. The van der Waals surface area contributed by atoms with Gasteiger partial charge in [0.2, 0.25) is 11.9 Å². The lowest BCUT2D eigenvalue weighted by Gasteiger charge is -2.14. The van der Waals surface area contributed by atoms with Gasteiger partial charge in [-0.15, -0.1) is 12.4 Å². The van der Waals surface area contributed by atoms with Crippen molar-refractivity contribution in [1.29, 1.82) is 0 Å². The van der Waals surface area contributed by atoms with Gasteiger partial charge in [-0.25, -0.2) is 9.97 Å². The second-order valence-corrected chi connectivity index (χ2v) is 6.26. The fourth-order valence-corrected chi connectivity index (χ4v) is 2.43. The number of aliphatic hydroxyl groups is 1. The quantitative estimate of drug-likeness (QED) is 0.443. The summed E-state index contributed by atoms with van der Waals surface area (Å²) >= 11 is 0. The van der Waals surface area contributed by atoms with Crippen LogP contribution >= 0.6 is 12.4 Å². The highest BCUT2D eigenvalue weighted by molar-refractivity contribution is 5.94. The first-order valence-electron chi connectivity index (χ1n) is 8.75. The van der Waals surface area contributed by atoms with Crippen LogP contribution < -0.4 is 21.3 Å². The minimum atomic E-state index is -0.439. The summed E-state index contributed by atoms with van der Waals surface area (Å²) in [4.78, 5) is 18.1. The first-order chi connectivity index (χ1) is 12.1. The Morgan fingerprint density at radius 2 is 1.50 bits per heavy atom. The summed E-state index contributed by atoms with van der Waals surface area (Å²) in [5.41, 5.74) is 1.29. The van der Waals surface area contributed by atoms with Gasteiger partial charge in [0.05, 0.1) is 6.10 Å². The van der Waals surface area contributed by atoms with E-state index >= 15 is 0 Å². The number of aliphatic hydroxyl groups excluding tert-OH is 1. The number of anilines is 4. The van der Waals surface area contributed by atoms with E-state index in [1.807, 2.05) is 14.0 Å². The molecule has 3 rings (SSSR count). The van der Waals surface area contributed by atoms with Crippen LogP contribution in [0.25, 0.3) is 11.0 Å². The van der Waals surface area contributed by atoms with Gasteiger partial charge in [-0.1, -0.05) is 6.92 Å². The van der Waals surface area contributed by atoms with Gasteiger partial charge in [-0.2, -0.15) is 9.97 Å². The molecule has 144 valence electrons. The lowest BCUT2D eigenvalue weighted by atomic mass is 10.3. The molecule has 0 amide bonds. The van der Waals surface area contributed by atoms with Gasteiger partial charge in [0.15, 0.2) is 11.6 Å². The number of halogens is 1. The molecule has 0 aliphatic heterocycles. The smallest absolute Gasteiger partial charge is 0.225 e. The SMILES string of the molecule is CCC(O)CNc1nc(NC)c2nc(NCC3CC3)nc(NC)c2n1.Cl. The van der Waals surface area contributed by atoms with Crippen molar-refractivity contribution in [2.45, 2.75) is 32.3 Å². The third-order valence-electron chi connectivity index (χ3n) is 4.23. The molecule has 0 saturated heterocycles. The first-order valence-corrected chi connectivity index (χ1v) is 8.75. The second kappa shape index (κ2) is 9.00. The maximum Gasteiger partial charge on any atom is 0.225 e. The average molecular weight is 383 g/mol. The van der Waals surface area contributed by atoms with Crippen LogP contribution in [0, 0.1) is 5.92 Å². The van der Waals surface area contributed by atoms with E-state index in [1.54, 1.807) is 7.05 Å². The van der Waals surface area contributed by atoms with Gasteiger partial charge < -0.3 is 26.4 Å². The lowest BCUT2D eigenvalue weighted by Crippen LogP contribution is -2.20. The first kappa shape index (κ1) is 20.2. The monoisotopic (exact) mass is 382 g/mol. The molecule has 0 aromatic carbocycles. The summed E-state index contributed by atoms with van der Waals surface area (Å²) in [6.07, 6.45) is 2.76. The van der Waals surface area contributed by atoms with Gasteiger partial charge in [0.1, 0.15) is 11.0 Å². The summed E-state index contributed by atoms with van der Waals surface area (Å²) in [6.45, 7) is 3.20. The topological polar surface area (TPSA) is 120 Å². The minimum Gasteiger partial charge on any atom is -0.391 e. The number of nitrogens with zero attached hydrogens (tertiary/aromatic N) is 4. The number of nitrogens with one attached hydrogen (secondary N) is 4. The Kier molecular flexibility index (Phi) is 6.98. The molecule has 2 aromatic rings. The van der Waals surface area contributed by atoms with E-state index in [0.717, 1.165) is 12.5 Å². The maximum absolute atomic E-state index is 9.73. The van der Waals surface area contributed by atoms with Crippen LogP contribution in [-0.2, 0) is 0 Å². The predicted molar refractivity (Wildman–Crippen MR) is 107 cm³/mol. The fraction of sp³-hybridized carbons (Fsp3) is 0.625. The number of fused-ring (bicyclic) bond motifs is 1. The Bertz CT molecular complexity index is 740. The molecule has 1 saturated carbocycles. The molecule has 2 heterocycles. The van der Waals surface area contributed by atoms with E-state index in [4.69, 9.17) is 0 Å². The summed E-state index contributed by atoms with van der Waals surface area (Å²) in [7, 11) is 3.60. The van der Waals surface area contributed by atoms with Gasteiger partial charge in [-0.05, 0) is 25.2 Å². The van der Waals surface area contributed by atoms with E-state index in [9.17, 15) is 5.11 Å². The molecule has 1 aliphatic rings. The Balaban J connectivity index is 0.00000243. The van der Waals surface area contributed by atoms with Gasteiger partial charge in [-0.3, -0.25) is 0 Å². The normalized spacial score (nSPS) is 14.5. The summed E-state index contributed by atoms with van der Waals surface area (Å²) in [5.74, 6) is 3.00. The molecule has 1 unspecified atom stereocenters. The average Bonchev–Trinajstić information content (AvgIpc) is 3.47. The molecule has 1 atom stereocenters. The van der Waals surface area contributed by atoms with Crippen molar-refractivity contribution >= 4 is 47.0 Å². The zero-order valence-electron chi connectivity index (χ0n) is 15.3. The molecule has 2 aromatic heterocycles. The highest BCUT2D eigenvalue weighted by Crippen LogP contribution is 2.30. The molecule has 0 bridgehead atoms. The Labute approximate surface area is 159 Å². The van der Waals surface area contributed by atoms with Crippen molar-refractivity contribution < 1.29 is 5.11 Å². The Hall–Kier alpha value is -2.13. The third-order valence-corrected chi connectivity index (χ3v) is 4.23.